The van der Waals surface area contributed by atoms with Gasteiger partial charge in [-0.05, 0) is 51.1 Å². The first-order valence-electron chi connectivity index (χ1n) is 7.77. The van der Waals surface area contributed by atoms with Gasteiger partial charge in [0, 0.05) is 25.6 Å². The number of carboxylic acid groups (broad SMARTS) is 1. The molecule has 0 aromatic heterocycles. The lowest BCUT2D eigenvalue weighted by Gasteiger charge is -2.36. The van der Waals surface area contributed by atoms with Crippen LogP contribution in [-0.4, -0.2) is 48.7 Å². The Morgan fingerprint density at radius 2 is 2.00 bits per heavy atom. The van der Waals surface area contributed by atoms with Gasteiger partial charge in [0.15, 0.2) is 0 Å². The summed E-state index contributed by atoms with van der Waals surface area (Å²) in [6, 6.07) is 0.554. The second-order valence-corrected chi connectivity index (χ2v) is 6.51. The highest BCUT2D eigenvalue weighted by Crippen LogP contribution is 2.25. The lowest BCUT2D eigenvalue weighted by atomic mass is 9.90. The van der Waals surface area contributed by atoms with Gasteiger partial charge in [-0.15, -0.1) is 0 Å². The quantitative estimate of drug-likeness (QED) is 0.773. The van der Waals surface area contributed by atoms with E-state index in [1.54, 1.807) is 0 Å². The van der Waals surface area contributed by atoms with Crippen LogP contribution in [0.2, 0.25) is 0 Å². The average Bonchev–Trinajstić information content (AvgIpc) is 2.86. The van der Waals surface area contributed by atoms with Crippen molar-refractivity contribution < 1.29 is 9.90 Å². The normalized spacial score (nSPS) is 29.7. The van der Waals surface area contributed by atoms with Crippen molar-refractivity contribution in [2.24, 2.45) is 11.8 Å². The largest absolute Gasteiger partial charge is 0.481 e. The summed E-state index contributed by atoms with van der Waals surface area (Å²) in [5.41, 5.74) is 0. The van der Waals surface area contributed by atoms with Crippen LogP contribution in [0.3, 0.4) is 0 Å². The molecule has 0 aromatic rings. The zero-order valence-electron chi connectivity index (χ0n) is 12.1. The van der Waals surface area contributed by atoms with Gasteiger partial charge in [-0.2, -0.15) is 0 Å². The molecule has 4 heteroatoms. The highest BCUT2D eigenvalue weighted by Gasteiger charge is 2.26. The maximum atomic E-state index is 10.7. The van der Waals surface area contributed by atoms with Crippen molar-refractivity contribution in [1.29, 1.82) is 0 Å². The maximum absolute atomic E-state index is 10.7. The molecule has 1 aliphatic heterocycles. The number of nitrogens with zero attached hydrogens (tertiary/aromatic N) is 1. The minimum Gasteiger partial charge on any atom is -0.481 e. The summed E-state index contributed by atoms with van der Waals surface area (Å²) in [6.45, 7) is 3.31. The number of likely N-dealkylation sites (tertiary alicyclic amines) is 1. The second kappa shape index (κ2) is 7.25. The van der Waals surface area contributed by atoms with E-state index in [1.807, 2.05) is 0 Å². The lowest BCUT2D eigenvalue weighted by Crippen LogP contribution is -2.48. The number of carbonyl (C=O) groups is 1. The van der Waals surface area contributed by atoms with Gasteiger partial charge < -0.3 is 15.3 Å². The predicted octanol–water partition coefficient (Wildman–Crippen LogP) is 1.95. The minimum atomic E-state index is -0.663. The number of hydrogen-bond acceptors (Lipinski definition) is 3. The van der Waals surface area contributed by atoms with E-state index >= 15 is 0 Å². The van der Waals surface area contributed by atoms with Crippen molar-refractivity contribution >= 4 is 5.97 Å². The fourth-order valence-electron chi connectivity index (χ4n) is 3.68. The smallest absolute Gasteiger partial charge is 0.303 e. The standard InChI is InChI=1S/C15H28N2O2/c1-17-10-13(6-7-15(18)19)8-14(11-17)16-9-12-4-2-3-5-12/h12-14,16H,2-11H2,1H3,(H,18,19). The summed E-state index contributed by atoms with van der Waals surface area (Å²) >= 11 is 0. The van der Waals surface area contributed by atoms with Gasteiger partial charge in [0.1, 0.15) is 0 Å². The van der Waals surface area contributed by atoms with E-state index < -0.39 is 5.97 Å². The van der Waals surface area contributed by atoms with Crippen LogP contribution in [0.15, 0.2) is 0 Å². The van der Waals surface area contributed by atoms with Crippen LogP contribution in [0.4, 0.5) is 0 Å². The molecule has 1 saturated heterocycles. The summed E-state index contributed by atoms with van der Waals surface area (Å²) < 4.78 is 0. The molecular weight excluding hydrogens is 240 g/mol. The SMILES string of the molecule is CN1CC(CCC(=O)O)CC(NCC2CCCC2)C1. The third kappa shape index (κ3) is 5.11. The lowest BCUT2D eigenvalue weighted by molar-refractivity contribution is -0.137. The zero-order chi connectivity index (χ0) is 13.7. The van der Waals surface area contributed by atoms with Crippen LogP contribution in [-0.2, 0) is 4.79 Å². The second-order valence-electron chi connectivity index (χ2n) is 6.51. The van der Waals surface area contributed by atoms with Crippen LogP contribution < -0.4 is 5.32 Å². The Morgan fingerprint density at radius 3 is 2.68 bits per heavy atom. The van der Waals surface area contributed by atoms with Crippen molar-refractivity contribution in [3.63, 3.8) is 0 Å². The maximum Gasteiger partial charge on any atom is 0.303 e. The Balaban J connectivity index is 1.71. The first kappa shape index (κ1) is 14.8. The number of carboxylic acids is 1. The molecule has 0 amide bonds. The molecule has 4 nitrogen and oxygen atoms in total. The van der Waals surface area contributed by atoms with Crippen molar-refractivity contribution in [3.8, 4) is 0 Å². The summed E-state index contributed by atoms with van der Waals surface area (Å²) in [4.78, 5) is 13.0. The van der Waals surface area contributed by atoms with Crippen molar-refractivity contribution in [2.75, 3.05) is 26.7 Å². The molecule has 1 aliphatic carbocycles. The van der Waals surface area contributed by atoms with Gasteiger partial charge in [0.2, 0.25) is 0 Å². The summed E-state index contributed by atoms with van der Waals surface area (Å²) in [5.74, 6) is 0.754. The van der Waals surface area contributed by atoms with Crippen LogP contribution in [0.1, 0.15) is 44.9 Å². The van der Waals surface area contributed by atoms with Crippen LogP contribution in [0.25, 0.3) is 0 Å². The molecule has 0 bridgehead atoms. The number of piperidine rings is 1. The topological polar surface area (TPSA) is 52.6 Å². The van der Waals surface area contributed by atoms with E-state index in [0.29, 0.717) is 18.4 Å². The number of aliphatic carboxylic acids is 1. The van der Waals surface area contributed by atoms with Crippen LogP contribution in [0.5, 0.6) is 0 Å². The monoisotopic (exact) mass is 268 g/mol. The molecule has 2 fully saturated rings. The Labute approximate surface area is 116 Å². The van der Waals surface area contributed by atoms with Gasteiger partial charge in [-0.25, -0.2) is 0 Å². The van der Waals surface area contributed by atoms with Crippen molar-refractivity contribution in [1.82, 2.24) is 10.2 Å². The van der Waals surface area contributed by atoms with Crippen molar-refractivity contribution in [3.05, 3.63) is 0 Å². The molecule has 1 saturated carbocycles. The van der Waals surface area contributed by atoms with Gasteiger partial charge in [-0.1, -0.05) is 12.8 Å². The van der Waals surface area contributed by atoms with E-state index in [4.69, 9.17) is 5.11 Å². The fraction of sp³-hybridized carbons (Fsp3) is 0.933. The fourth-order valence-corrected chi connectivity index (χ4v) is 3.68. The molecule has 2 N–H and O–H groups in total. The van der Waals surface area contributed by atoms with Gasteiger partial charge >= 0.3 is 5.97 Å². The Hall–Kier alpha value is -0.610. The minimum absolute atomic E-state index is 0.313. The highest BCUT2D eigenvalue weighted by molar-refractivity contribution is 5.66. The van der Waals surface area contributed by atoms with E-state index in [2.05, 4.69) is 17.3 Å². The highest BCUT2D eigenvalue weighted by atomic mass is 16.4. The van der Waals surface area contributed by atoms with E-state index in [-0.39, 0.29) is 0 Å². The number of rotatable bonds is 6. The summed E-state index contributed by atoms with van der Waals surface area (Å²) in [6.07, 6.45) is 7.85. The molecule has 2 atom stereocenters. The Kier molecular flexibility index (Phi) is 5.64. The molecule has 110 valence electrons. The molecular formula is C15H28N2O2. The van der Waals surface area contributed by atoms with E-state index in [9.17, 15) is 4.79 Å². The predicted molar refractivity (Wildman–Crippen MR) is 76.2 cm³/mol. The third-order valence-corrected chi connectivity index (χ3v) is 4.66. The van der Waals surface area contributed by atoms with Crippen LogP contribution >= 0.6 is 0 Å². The number of likely N-dealkylation sites (N-methyl/N-ethyl adjacent to an activating group) is 1. The third-order valence-electron chi connectivity index (χ3n) is 4.66. The first-order valence-corrected chi connectivity index (χ1v) is 7.77. The first-order chi connectivity index (χ1) is 9.13. The molecule has 2 rings (SSSR count). The zero-order valence-corrected chi connectivity index (χ0v) is 12.1. The molecule has 0 spiro atoms. The van der Waals surface area contributed by atoms with E-state index in [1.165, 1.54) is 25.7 Å². The molecule has 2 aliphatic rings. The summed E-state index contributed by atoms with van der Waals surface area (Å²) in [5, 5.41) is 12.5. The number of nitrogens with one attached hydrogen (secondary N) is 1. The average molecular weight is 268 g/mol. The summed E-state index contributed by atoms with van der Waals surface area (Å²) in [7, 11) is 2.15. The molecule has 0 aromatic carbocycles. The molecule has 0 radical (unpaired) electrons. The molecule has 19 heavy (non-hydrogen) atoms. The Morgan fingerprint density at radius 1 is 1.26 bits per heavy atom. The molecule has 1 heterocycles. The number of hydrogen-bond donors (Lipinski definition) is 2. The van der Waals surface area contributed by atoms with Gasteiger partial charge in [-0.3, -0.25) is 4.79 Å². The van der Waals surface area contributed by atoms with Crippen molar-refractivity contribution in [2.45, 2.75) is 51.0 Å². The molecule has 2 unspecified atom stereocenters. The van der Waals surface area contributed by atoms with E-state index in [0.717, 1.165) is 38.4 Å². The van der Waals surface area contributed by atoms with Crippen LogP contribution in [0, 0.1) is 11.8 Å². The Bertz CT molecular complexity index is 290. The van der Waals surface area contributed by atoms with Gasteiger partial charge in [0.25, 0.3) is 0 Å². The van der Waals surface area contributed by atoms with Gasteiger partial charge in [0.05, 0.1) is 0 Å².